The maximum absolute atomic E-state index is 5.38. The number of nitrogens with one attached hydrogen (secondary N) is 2. The number of thiocarbonyl (C=S) groups is 1. The molecule has 2 aromatic carbocycles. The Morgan fingerprint density at radius 2 is 1.58 bits per heavy atom. The first-order valence-electron chi connectivity index (χ1n) is 8.24. The third kappa shape index (κ3) is 3.27. The predicted molar refractivity (Wildman–Crippen MR) is 110 cm³/mol. The van der Waals surface area contributed by atoms with Gasteiger partial charge in [0.15, 0.2) is 10.8 Å². The van der Waals surface area contributed by atoms with Crippen molar-refractivity contribution >= 4 is 39.7 Å². The van der Waals surface area contributed by atoms with Gasteiger partial charge < -0.3 is 10.6 Å². The van der Waals surface area contributed by atoms with Gasteiger partial charge in [0.25, 0.3) is 0 Å². The molecule has 2 aromatic heterocycles. The van der Waals surface area contributed by atoms with E-state index in [9.17, 15) is 0 Å². The SMILES string of the molecule is Cc1nn(-c2ccccc2)c2ncc(NC(=S)Nc3ccccc3)cc12. The van der Waals surface area contributed by atoms with Crippen molar-refractivity contribution in [2.75, 3.05) is 10.6 Å². The molecule has 0 unspecified atom stereocenters. The van der Waals surface area contributed by atoms with E-state index in [1.807, 2.05) is 78.3 Å². The number of aromatic nitrogens is 3. The number of anilines is 2. The van der Waals surface area contributed by atoms with Gasteiger partial charge in [0.2, 0.25) is 0 Å². The molecule has 26 heavy (non-hydrogen) atoms. The van der Waals surface area contributed by atoms with Crippen LogP contribution in [-0.4, -0.2) is 19.9 Å². The number of para-hydroxylation sites is 2. The van der Waals surface area contributed by atoms with Crippen molar-refractivity contribution in [1.29, 1.82) is 0 Å². The molecule has 0 aliphatic heterocycles. The van der Waals surface area contributed by atoms with Gasteiger partial charge in [-0.05, 0) is 49.5 Å². The summed E-state index contributed by atoms with van der Waals surface area (Å²) in [6, 6.07) is 21.8. The number of hydrogen-bond acceptors (Lipinski definition) is 3. The summed E-state index contributed by atoms with van der Waals surface area (Å²) in [5.74, 6) is 0. The van der Waals surface area contributed by atoms with Crippen LogP contribution in [0, 0.1) is 6.92 Å². The summed E-state index contributed by atoms with van der Waals surface area (Å²) < 4.78 is 1.86. The van der Waals surface area contributed by atoms with E-state index in [2.05, 4.69) is 20.7 Å². The molecule has 0 bridgehead atoms. The molecule has 0 saturated carbocycles. The quantitative estimate of drug-likeness (QED) is 0.526. The molecule has 0 aliphatic carbocycles. The monoisotopic (exact) mass is 359 g/mol. The van der Waals surface area contributed by atoms with Crippen molar-refractivity contribution in [3.63, 3.8) is 0 Å². The average molecular weight is 359 g/mol. The minimum Gasteiger partial charge on any atom is -0.332 e. The molecule has 0 radical (unpaired) electrons. The molecule has 0 saturated heterocycles. The van der Waals surface area contributed by atoms with E-state index >= 15 is 0 Å². The van der Waals surface area contributed by atoms with Crippen molar-refractivity contribution < 1.29 is 0 Å². The molecule has 0 fully saturated rings. The molecule has 0 amide bonds. The van der Waals surface area contributed by atoms with Gasteiger partial charge in [0, 0.05) is 11.1 Å². The van der Waals surface area contributed by atoms with Gasteiger partial charge in [-0.1, -0.05) is 36.4 Å². The topological polar surface area (TPSA) is 54.8 Å². The molecule has 0 spiro atoms. The van der Waals surface area contributed by atoms with Crippen LogP contribution in [0.3, 0.4) is 0 Å². The lowest BCUT2D eigenvalue weighted by Crippen LogP contribution is -2.19. The molecular formula is C20H17N5S. The maximum atomic E-state index is 5.38. The largest absolute Gasteiger partial charge is 0.332 e. The molecule has 0 atom stereocenters. The summed E-state index contributed by atoms with van der Waals surface area (Å²) >= 11 is 5.38. The molecule has 2 N–H and O–H groups in total. The molecule has 4 rings (SSSR count). The van der Waals surface area contributed by atoms with Crippen molar-refractivity contribution in [2.45, 2.75) is 6.92 Å². The molecule has 5 nitrogen and oxygen atoms in total. The Hall–Kier alpha value is -3.25. The normalized spacial score (nSPS) is 10.7. The lowest BCUT2D eigenvalue weighted by molar-refractivity contribution is 0.878. The minimum atomic E-state index is 0.519. The highest BCUT2D eigenvalue weighted by Gasteiger charge is 2.11. The van der Waals surface area contributed by atoms with Gasteiger partial charge in [-0.25, -0.2) is 9.67 Å². The second-order valence-electron chi connectivity index (χ2n) is 5.87. The van der Waals surface area contributed by atoms with Crippen LogP contribution in [0.25, 0.3) is 16.7 Å². The molecular weight excluding hydrogens is 342 g/mol. The fourth-order valence-electron chi connectivity index (χ4n) is 2.78. The number of nitrogens with zero attached hydrogens (tertiary/aromatic N) is 3. The summed E-state index contributed by atoms with van der Waals surface area (Å²) in [5.41, 5.74) is 4.48. The summed E-state index contributed by atoms with van der Waals surface area (Å²) in [7, 11) is 0. The highest BCUT2D eigenvalue weighted by Crippen LogP contribution is 2.23. The Bertz CT molecular complexity index is 1060. The Labute approximate surface area is 156 Å². The number of fused-ring (bicyclic) bond motifs is 1. The lowest BCUT2D eigenvalue weighted by Gasteiger charge is -2.10. The maximum Gasteiger partial charge on any atom is 0.175 e. The molecule has 128 valence electrons. The summed E-state index contributed by atoms with van der Waals surface area (Å²) in [6.07, 6.45) is 1.77. The van der Waals surface area contributed by atoms with E-state index in [1.165, 1.54) is 0 Å². The van der Waals surface area contributed by atoms with E-state index in [0.717, 1.165) is 33.8 Å². The smallest absolute Gasteiger partial charge is 0.175 e. The first-order valence-corrected chi connectivity index (χ1v) is 8.65. The zero-order valence-corrected chi connectivity index (χ0v) is 15.0. The molecule has 6 heteroatoms. The fourth-order valence-corrected chi connectivity index (χ4v) is 3.01. The minimum absolute atomic E-state index is 0.519. The summed E-state index contributed by atoms with van der Waals surface area (Å²) in [4.78, 5) is 4.59. The summed E-state index contributed by atoms with van der Waals surface area (Å²) in [6.45, 7) is 1.98. The first kappa shape index (κ1) is 16.2. The van der Waals surface area contributed by atoms with E-state index in [-0.39, 0.29) is 0 Å². The van der Waals surface area contributed by atoms with Crippen molar-refractivity contribution in [3.8, 4) is 5.69 Å². The standard InChI is InChI=1S/C20H17N5S/c1-14-18-12-16(23-20(26)22-15-8-4-2-5-9-15)13-21-19(18)25(24-14)17-10-6-3-7-11-17/h2-13H,1H3,(H2,22,23,26). The van der Waals surface area contributed by atoms with Crippen LogP contribution in [0.5, 0.6) is 0 Å². The predicted octanol–water partition coefficient (Wildman–Crippen LogP) is 4.54. The zero-order chi connectivity index (χ0) is 17.9. The van der Waals surface area contributed by atoms with Gasteiger partial charge in [-0.15, -0.1) is 0 Å². The fraction of sp³-hybridized carbons (Fsp3) is 0.0500. The second kappa shape index (κ2) is 6.93. The van der Waals surface area contributed by atoms with Gasteiger partial charge in [0.1, 0.15) is 0 Å². The van der Waals surface area contributed by atoms with Crippen LogP contribution in [0.1, 0.15) is 5.69 Å². The molecule has 4 aromatic rings. The average Bonchev–Trinajstić information content (AvgIpc) is 2.99. The van der Waals surface area contributed by atoms with Gasteiger partial charge in [-0.2, -0.15) is 5.10 Å². The van der Waals surface area contributed by atoms with Crippen LogP contribution in [0.15, 0.2) is 72.9 Å². The van der Waals surface area contributed by atoms with Gasteiger partial charge in [0.05, 0.1) is 23.3 Å². The van der Waals surface area contributed by atoms with Crippen LogP contribution < -0.4 is 10.6 Å². The number of pyridine rings is 1. The Morgan fingerprint density at radius 1 is 0.923 bits per heavy atom. The Balaban J connectivity index is 1.60. The van der Waals surface area contributed by atoms with Crippen molar-refractivity contribution in [1.82, 2.24) is 14.8 Å². The van der Waals surface area contributed by atoms with Crippen LogP contribution >= 0.6 is 12.2 Å². The number of rotatable bonds is 3. The number of hydrogen-bond donors (Lipinski definition) is 2. The Morgan fingerprint density at radius 3 is 2.31 bits per heavy atom. The van der Waals surface area contributed by atoms with E-state index in [1.54, 1.807) is 6.20 Å². The van der Waals surface area contributed by atoms with E-state index in [4.69, 9.17) is 12.2 Å². The van der Waals surface area contributed by atoms with Crippen molar-refractivity contribution in [3.05, 3.63) is 78.6 Å². The molecule has 0 aliphatic rings. The number of aryl methyl sites for hydroxylation is 1. The van der Waals surface area contributed by atoms with E-state index < -0.39 is 0 Å². The van der Waals surface area contributed by atoms with Gasteiger partial charge >= 0.3 is 0 Å². The van der Waals surface area contributed by atoms with Gasteiger partial charge in [-0.3, -0.25) is 0 Å². The first-order chi connectivity index (χ1) is 12.7. The lowest BCUT2D eigenvalue weighted by atomic mass is 10.2. The number of benzene rings is 2. The Kier molecular flexibility index (Phi) is 4.33. The summed E-state index contributed by atoms with van der Waals surface area (Å²) in [5, 5.41) is 12.5. The zero-order valence-electron chi connectivity index (χ0n) is 14.2. The third-order valence-corrected chi connectivity index (χ3v) is 4.20. The highest BCUT2D eigenvalue weighted by atomic mass is 32.1. The van der Waals surface area contributed by atoms with Crippen LogP contribution in [-0.2, 0) is 0 Å². The van der Waals surface area contributed by atoms with E-state index in [0.29, 0.717) is 5.11 Å². The third-order valence-electron chi connectivity index (χ3n) is 4.00. The molecule has 2 heterocycles. The highest BCUT2D eigenvalue weighted by molar-refractivity contribution is 7.80. The van der Waals surface area contributed by atoms with Crippen molar-refractivity contribution in [2.24, 2.45) is 0 Å². The van der Waals surface area contributed by atoms with Crippen LogP contribution in [0.2, 0.25) is 0 Å². The van der Waals surface area contributed by atoms with Crippen LogP contribution in [0.4, 0.5) is 11.4 Å². The second-order valence-corrected chi connectivity index (χ2v) is 6.28.